The molecule has 2 aromatic carbocycles. The molecule has 1 N–H and O–H groups in total. The van der Waals surface area contributed by atoms with Gasteiger partial charge in [0, 0.05) is 22.5 Å². The molecule has 0 fully saturated rings. The SMILES string of the molecule is CC(C)(CNC(=O)c1ccc(Cl)cc1)c1ccc2c(c1)OCCO2. The molecule has 2 aromatic rings. The summed E-state index contributed by atoms with van der Waals surface area (Å²) in [6, 6.07) is 12.8. The van der Waals surface area contributed by atoms with Gasteiger partial charge < -0.3 is 14.8 Å². The second-order valence-electron chi connectivity index (χ2n) is 6.43. The highest BCUT2D eigenvalue weighted by Gasteiger charge is 2.24. The van der Waals surface area contributed by atoms with Crippen LogP contribution in [0.1, 0.15) is 29.8 Å². The smallest absolute Gasteiger partial charge is 0.251 e. The molecule has 5 heteroatoms. The fraction of sp³-hybridized carbons (Fsp3) is 0.316. The first-order chi connectivity index (χ1) is 11.5. The molecule has 3 rings (SSSR count). The van der Waals surface area contributed by atoms with Gasteiger partial charge in [0.25, 0.3) is 5.91 Å². The van der Waals surface area contributed by atoms with E-state index in [9.17, 15) is 4.79 Å². The number of nitrogens with one attached hydrogen (secondary N) is 1. The van der Waals surface area contributed by atoms with E-state index in [-0.39, 0.29) is 11.3 Å². The molecular weight excluding hydrogens is 326 g/mol. The van der Waals surface area contributed by atoms with E-state index in [1.165, 1.54) is 0 Å². The van der Waals surface area contributed by atoms with Gasteiger partial charge in [0.1, 0.15) is 13.2 Å². The lowest BCUT2D eigenvalue weighted by molar-refractivity contribution is 0.0945. The quantitative estimate of drug-likeness (QED) is 0.916. The Labute approximate surface area is 146 Å². The van der Waals surface area contributed by atoms with Crippen molar-refractivity contribution >= 4 is 17.5 Å². The van der Waals surface area contributed by atoms with Gasteiger partial charge in [-0.3, -0.25) is 4.79 Å². The molecule has 0 bridgehead atoms. The molecule has 1 aliphatic heterocycles. The fourth-order valence-electron chi connectivity index (χ4n) is 2.57. The predicted octanol–water partition coefficient (Wildman–Crippen LogP) is 3.82. The molecule has 0 spiro atoms. The van der Waals surface area contributed by atoms with Crippen LogP contribution in [0, 0.1) is 0 Å². The molecule has 0 saturated carbocycles. The van der Waals surface area contributed by atoms with Gasteiger partial charge in [-0.05, 0) is 42.0 Å². The standard InChI is InChI=1S/C19H20ClNO3/c1-19(2,12-21-18(22)13-3-6-15(20)7-4-13)14-5-8-16-17(11-14)24-10-9-23-16/h3-8,11H,9-10,12H2,1-2H3,(H,21,22). The predicted molar refractivity (Wildman–Crippen MR) is 94.2 cm³/mol. The van der Waals surface area contributed by atoms with Crippen molar-refractivity contribution in [2.24, 2.45) is 0 Å². The second kappa shape index (κ2) is 6.73. The van der Waals surface area contributed by atoms with Crippen molar-refractivity contribution in [2.45, 2.75) is 19.3 Å². The van der Waals surface area contributed by atoms with E-state index in [2.05, 4.69) is 19.2 Å². The molecule has 0 aliphatic carbocycles. The Morgan fingerprint density at radius 3 is 2.46 bits per heavy atom. The first-order valence-corrected chi connectivity index (χ1v) is 8.27. The number of rotatable bonds is 4. The summed E-state index contributed by atoms with van der Waals surface area (Å²) >= 11 is 5.85. The summed E-state index contributed by atoms with van der Waals surface area (Å²) in [5.74, 6) is 1.42. The third-order valence-corrected chi connectivity index (χ3v) is 4.37. The van der Waals surface area contributed by atoms with Crippen LogP contribution in [0.5, 0.6) is 11.5 Å². The summed E-state index contributed by atoms with van der Waals surface area (Å²) < 4.78 is 11.2. The molecule has 126 valence electrons. The zero-order valence-electron chi connectivity index (χ0n) is 13.8. The Balaban J connectivity index is 1.69. The number of hydrogen-bond acceptors (Lipinski definition) is 3. The monoisotopic (exact) mass is 345 g/mol. The summed E-state index contributed by atoms with van der Waals surface area (Å²) in [6.45, 7) is 5.81. The number of benzene rings is 2. The maximum atomic E-state index is 12.3. The lowest BCUT2D eigenvalue weighted by Gasteiger charge is -2.27. The first-order valence-electron chi connectivity index (χ1n) is 7.90. The third-order valence-electron chi connectivity index (χ3n) is 4.12. The number of amides is 1. The topological polar surface area (TPSA) is 47.6 Å². The van der Waals surface area contributed by atoms with Crippen LogP contribution in [0.15, 0.2) is 42.5 Å². The lowest BCUT2D eigenvalue weighted by Crippen LogP contribution is -2.36. The van der Waals surface area contributed by atoms with Crippen LogP contribution >= 0.6 is 11.6 Å². The van der Waals surface area contributed by atoms with Crippen molar-refractivity contribution in [3.63, 3.8) is 0 Å². The summed E-state index contributed by atoms with van der Waals surface area (Å²) in [5, 5.41) is 3.60. The van der Waals surface area contributed by atoms with Crippen LogP contribution in [0.25, 0.3) is 0 Å². The second-order valence-corrected chi connectivity index (χ2v) is 6.87. The van der Waals surface area contributed by atoms with Crippen molar-refractivity contribution in [1.82, 2.24) is 5.32 Å². The molecule has 0 unspecified atom stereocenters. The number of hydrogen-bond donors (Lipinski definition) is 1. The van der Waals surface area contributed by atoms with Crippen molar-refractivity contribution in [1.29, 1.82) is 0 Å². The fourth-order valence-corrected chi connectivity index (χ4v) is 2.70. The number of ether oxygens (including phenoxy) is 2. The zero-order chi connectivity index (χ0) is 17.2. The molecule has 1 amide bonds. The molecule has 24 heavy (non-hydrogen) atoms. The Hall–Kier alpha value is -2.20. The highest BCUT2D eigenvalue weighted by Crippen LogP contribution is 2.34. The van der Waals surface area contributed by atoms with Gasteiger partial charge in [-0.2, -0.15) is 0 Å². The highest BCUT2D eigenvalue weighted by molar-refractivity contribution is 6.30. The van der Waals surface area contributed by atoms with Crippen molar-refractivity contribution in [3.8, 4) is 11.5 Å². The Morgan fingerprint density at radius 2 is 1.75 bits per heavy atom. The minimum atomic E-state index is -0.238. The molecule has 0 saturated heterocycles. The first kappa shape index (κ1) is 16.7. The van der Waals surface area contributed by atoms with Crippen molar-refractivity contribution in [2.75, 3.05) is 19.8 Å². The maximum absolute atomic E-state index is 12.3. The van der Waals surface area contributed by atoms with E-state index < -0.39 is 0 Å². The molecule has 0 aromatic heterocycles. The number of halogens is 1. The van der Waals surface area contributed by atoms with Crippen molar-refractivity contribution in [3.05, 3.63) is 58.6 Å². The van der Waals surface area contributed by atoms with Crippen LogP contribution < -0.4 is 14.8 Å². The van der Waals surface area contributed by atoms with Crippen LogP contribution in [-0.2, 0) is 5.41 Å². The van der Waals surface area contributed by atoms with Gasteiger partial charge in [0.15, 0.2) is 11.5 Å². The number of carbonyl (C=O) groups excluding carboxylic acids is 1. The molecule has 4 nitrogen and oxygen atoms in total. The van der Waals surface area contributed by atoms with E-state index >= 15 is 0 Å². The largest absolute Gasteiger partial charge is 0.486 e. The van der Waals surface area contributed by atoms with Crippen molar-refractivity contribution < 1.29 is 14.3 Å². The molecular formula is C19H20ClNO3. The van der Waals surface area contributed by atoms with Crippen LogP contribution in [-0.4, -0.2) is 25.7 Å². The highest BCUT2D eigenvalue weighted by atomic mass is 35.5. The van der Waals surface area contributed by atoms with E-state index in [1.54, 1.807) is 24.3 Å². The van der Waals surface area contributed by atoms with Gasteiger partial charge in [-0.25, -0.2) is 0 Å². The minimum Gasteiger partial charge on any atom is -0.486 e. The van der Waals surface area contributed by atoms with E-state index in [1.807, 2.05) is 18.2 Å². The maximum Gasteiger partial charge on any atom is 0.251 e. The van der Waals surface area contributed by atoms with E-state index in [0.717, 1.165) is 17.1 Å². The van der Waals surface area contributed by atoms with Gasteiger partial charge in [0.2, 0.25) is 0 Å². The number of fused-ring (bicyclic) bond motifs is 1. The Morgan fingerprint density at radius 1 is 1.08 bits per heavy atom. The summed E-state index contributed by atoms with van der Waals surface area (Å²) in [5.41, 5.74) is 1.44. The molecule has 1 heterocycles. The van der Waals surface area contributed by atoms with Crippen LogP contribution in [0.4, 0.5) is 0 Å². The van der Waals surface area contributed by atoms with Crippen LogP contribution in [0.3, 0.4) is 0 Å². The third kappa shape index (κ3) is 3.65. The average Bonchev–Trinajstić information content (AvgIpc) is 2.60. The molecule has 0 radical (unpaired) electrons. The zero-order valence-corrected chi connectivity index (χ0v) is 14.5. The average molecular weight is 346 g/mol. The van der Waals surface area contributed by atoms with E-state index in [0.29, 0.717) is 30.3 Å². The normalized spacial score (nSPS) is 13.5. The number of carbonyl (C=O) groups is 1. The Kier molecular flexibility index (Phi) is 4.67. The lowest BCUT2D eigenvalue weighted by atomic mass is 9.84. The molecule has 1 aliphatic rings. The van der Waals surface area contributed by atoms with Gasteiger partial charge in [-0.1, -0.05) is 31.5 Å². The molecule has 0 atom stereocenters. The summed E-state index contributed by atoms with van der Waals surface area (Å²) in [6.07, 6.45) is 0. The Bertz CT molecular complexity index is 741. The summed E-state index contributed by atoms with van der Waals surface area (Å²) in [4.78, 5) is 12.3. The minimum absolute atomic E-state index is 0.114. The van der Waals surface area contributed by atoms with Gasteiger partial charge in [0.05, 0.1) is 0 Å². The van der Waals surface area contributed by atoms with Crippen LogP contribution in [0.2, 0.25) is 5.02 Å². The van der Waals surface area contributed by atoms with E-state index in [4.69, 9.17) is 21.1 Å². The van der Waals surface area contributed by atoms with Gasteiger partial charge in [-0.15, -0.1) is 0 Å². The van der Waals surface area contributed by atoms with Gasteiger partial charge >= 0.3 is 0 Å². The summed E-state index contributed by atoms with van der Waals surface area (Å²) in [7, 11) is 0.